The Kier molecular flexibility index (Phi) is 4.05. The molecule has 2 fully saturated rings. The summed E-state index contributed by atoms with van der Waals surface area (Å²) in [4.78, 5) is 15.3. The molecule has 2 aliphatic heterocycles. The lowest BCUT2D eigenvalue weighted by molar-refractivity contribution is 0.418. The number of nitrogens with zero attached hydrogens (tertiary/aromatic N) is 3. The highest BCUT2D eigenvalue weighted by Crippen LogP contribution is 2.27. The predicted molar refractivity (Wildman–Crippen MR) is 101 cm³/mol. The molecule has 0 amide bonds. The highest BCUT2D eigenvalue weighted by atomic mass is 16.1. The van der Waals surface area contributed by atoms with E-state index in [-0.39, 0.29) is 11.6 Å². The smallest absolute Gasteiger partial charge is 0.275 e. The number of benzene rings is 1. The predicted octanol–water partition coefficient (Wildman–Crippen LogP) is 1.76. The van der Waals surface area contributed by atoms with Crippen LogP contribution in [0.3, 0.4) is 0 Å². The summed E-state index contributed by atoms with van der Waals surface area (Å²) in [6, 6.07) is 5.89. The van der Waals surface area contributed by atoms with Crippen molar-refractivity contribution in [3.8, 4) is 0 Å². The number of rotatable bonds is 2. The van der Waals surface area contributed by atoms with Crippen LogP contribution in [0.15, 0.2) is 53.7 Å². The highest BCUT2D eigenvalue weighted by molar-refractivity contribution is 5.84. The van der Waals surface area contributed by atoms with Gasteiger partial charge in [-0.3, -0.25) is 4.79 Å². The lowest BCUT2D eigenvalue weighted by atomic mass is 10.0. The molecule has 1 aromatic heterocycles. The second-order valence-corrected chi connectivity index (χ2v) is 6.71. The quantitative estimate of drug-likeness (QED) is 0.874. The summed E-state index contributed by atoms with van der Waals surface area (Å²) >= 11 is 0. The number of hydrogen-bond donors (Lipinski definition) is 2. The average molecular weight is 337 g/mol. The van der Waals surface area contributed by atoms with Gasteiger partial charge in [-0.2, -0.15) is 5.10 Å². The van der Waals surface area contributed by atoms with E-state index in [0.29, 0.717) is 5.39 Å². The van der Waals surface area contributed by atoms with Crippen LogP contribution in [-0.2, 0) is 0 Å². The standard InChI is InChI=1S/C19H23N5O/c1-13-3-6-18(14(2)22-13)24-19(25)17-5-4-16(11-15(17)12-21-24)23-9-7-20-8-10-23/h4-5,11-12,18,20,22H,1-3,6-10H2. The molecule has 0 bridgehead atoms. The van der Waals surface area contributed by atoms with Gasteiger partial charge in [0.1, 0.15) is 0 Å². The summed E-state index contributed by atoms with van der Waals surface area (Å²) in [5.74, 6) is 0. The number of anilines is 1. The molecule has 1 unspecified atom stereocenters. The van der Waals surface area contributed by atoms with E-state index in [4.69, 9.17) is 0 Å². The summed E-state index contributed by atoms with van der Waals surface area (Å²) < 4.78 is 1.55. The fraction of sp³-hybridized carbons (Fsp3) is 0.368. The number of piperidine rings is 1. The number of aromatic nitrogens is 2. The van der Waals surface area contributed by atoms with Gasteiger partial charge in [-0.25, -0.2) is 4.68 Å². The summed E-state index contributed by atoms with van der Waals surface area (Å²) in [6.45, 7) is 11.9. The van der Waals surface area contributed by atoms with E-state index in [2.05, 4.69) is 39.9 Å². The Morgan fingerprint density at radius 1 is 1.20 bits per heavy atom. The fourth-order valence-corrected chi connectivity index (χ4v) is 3.62. The minimum absolute atomic E-state index is 0.0650. The molecular weight excluding hydrogens is 314 g/mol. The molecule has 0 aliphatic carbocycles. The first-order valence-electron chi connectivity index (χ1n) is 8.74. The van der Waals surface area contributed by atoms with Crippen LogP contribution in [-0.4, -0.2) is 36.0 Å². The van der Waals surface area contributed by atoms with Gasteiger partial charge in [0.25, 0.3) is 5.56 Å². The van der Waals surface area contributed by atoms with Gasteiger partial charge in [0.05, 0.1) is 17.6 Å². The molecule has 0 saturated carbocycles. The van der Waals surface area contributed by atoms with Crippen LogP contribution in [0.1, 0.15) is 18.9 Å². The number of hydrogen-bond acceptors (Lipinski definition) is 5. The van der Waals surface area contributed by atoms with E-state index in [1.807, 2.05) is 12.1 Å². The van der Waals surface area contributed by atoms with E-state index >= 15 is 0 Å². The van der Waals surface area contributed by atoms with Crippen molar-refractivity contribution in [3.05, 3.63) is 59.3 Å². The van der Waals surface area contributed by atoms with Crippen LogP contribution < -0.4 is 21.1 Å². The Labute approximate surface area is 146 Å². The zero-order valence-corrected chi connectivity index (χ0v) is 14.3. The molecule has 2 aliphatic rings. The lowest BCUT2D eigenvalue weighted by Gasteiger charge is -2.30. The van der Waals surface area contributed by atoms with Gasteiger partial charge < -0.3 is 15.5 Å². The molecule has 4 rings (SSSR count). The maximum atomic E-state index is 12.9. The SMILES string of the molecule is C=C1CCC(n2ncc3cc(N4CCNCC4)ccc3c2=O)C(=C)N1. The van der Waals surface area contributed by atoms with E-state index < -0.39 is 0 Å². The largest absolute Gasteiger partial charge is 0.369 e. The number of fused-ring (bicyclic) bond motifs is 1. The van der Waals surface area contributed by atoms with Crippen molar-refractivity contribution < 1.29 is 0 Å². The minimum atomic E-state index is -0.129. The molecule has 0 radical (unpaired) electrons. The Hall–Kier alpha value is -2.60. The molecule has 2 saturated heterocycles. The number of nitrogens with one attached hydrogen (secondary N) is 2. The van der Waals surface area contributed by atoms with Crippen molar-refractivity contribution in [2.75, 3.05) is 31.1 Å². The topological polar surface area (TPSA) is 62.2 Å². The third kappa shape index (κ3) is 2.93. The number of allylic oxidation sites excluding steroid dienone is 2. The Bertz CT molecular complexity index is 894. The minimum Gasteiger partial charge on any atom is -0.369 e. The van der Waals surface area contributed by atoms with Gasteiger partial charge >= 0.3 is 0 Å². The summed E-state index contributed by atoms with van der Waals surface area (Å²) in [7, 11) is 0. The summed E-state index contributed by atoms with van der Waals surface area (Å²) in [5, 5.41) is 12.5. The van der Waals surface area contributed by atoms with Gasteiger partial charge in [0.15, 0.2) is 0 Å². The van der Waals surface area contributed by atoms with Gasteiger partial charge in [-0.1, -0.05) is 13.2 Å². The van der Waals surface area contributed by atoms with Crippen molar-refractivity contribution in [2.45, 2.75) is 18.9 Å². The van der Waals surface area contributed by atoms with Crippen molar-refractivity contribution in [1.29, 1.82) is 0 Å². The first kappa shape index (κ1) is 15.9. The molecule has 130 valence electrons. The normalized spacial score (nSPS) is 21.4. The van der Waals surface area contributed by atoms with E-state index in [1.54, 1.807) is 10.9 Å². The lowest BCUT2D eigenvalue weighted by Crippen LogP contribution is -2.43. The van der Waals surface area contributed by atoms with Crippen LogP contribution in [0.25, 0.3) is 10.8 Å². The molecule has 0 spiro atoms. The van der Waals surface area contributed by atoms with Crippen molar-refractivity contribution in [2.24, 2.45) is 0 Å². The molecule has 3 heterocycles. The van der Waals surface area contributed by atoms with Crippen LogP contribution in [0, 0.1) is 0 Å². The second kappa shape index (κ2) is 6.37. The van der Waals surface area contributed by atoms with Crippen molar-refractivity contribution in [3.63, 3.8) is 0 Å². The third-order valence-corrected chi connectivity index (χ3v) is 5.03. The fourth-order valence-electron chi connectivity index (χ4n) is 3.62. The molecule has 25 heavy (non-hydrogen) atoms. The summed E-state index contributed by atoms with van der Waals surface area (Å²) in [6.07, 6.45) is 3.40. The monoisotopic (exact) mass is 337 g/mol. The second-order valence-electron chi connectivity index (χ2n) is 6.71. The molecule has 6 heteroatoms. The third-order valence-electron chi connectivity index (χ3n) is 5.03. The molecular formula is C19H23N5O. The Balaban J connectivity index is 1.70. The first-order valence-corrected chi connectivity index (χ1v) is 8.74. The molecule has 2 N–H and O–H groups in total. The Morgan fingerprint density at radius 3 is 2.76 bits per heavy atom. The van der Waals surface area contributed by atoms with Crippen molar-refractivity contribution >= 4 is 16.5 Å². The molecule has 1 atom stereocenters. The average Bonchev–Trinajstić information content (AvgIpc) is 2.63. The summed E-state index contributed by atoms with van der Waals surface area (Å²) in [5.41, 5.74) is 2.80. The molecule has 1 aromatic carbocycles. The highest BCUT2D eigenvalue weighted by Gasteiger charge is 2.23. The zero-order valence-electron chi connectivity index (χ0n) is 14.3. The van der Waals surface area contributed by atoms with Gasteiger partial charge in [0, 0.05) is 48.6 Å². The Morgan fingerprint density at radius 2 is 2.00 bits per heavy atom. The first-order chi connectivity index (χ1) is 12.1. The maximum absolute atomic E-state index is 12.9. The maximum Gasteiger partial charge on any atom is 0.275 e. The zero-order chi connectivity index (χ0) is 17.4. The van der Waals surface area contributed by atoms with Crippen molar-refractivity contribution in [1.82, 2.24) is 20.4 Å². The van der Waals surface area contributed by atoms with E-state index in [9.17, 15) is 4.79 Å². The number of piperazine rings is 1. The van der Waals surface area contributed by atoms with Crippen LogP contribution in [0.2, 0.25) is 0 Å². The molecule has 6 nitrogen and oxygen atoms in total. The molecule has 2 aromatic rings. The van der Waals surface area contributed by atoms with Gasteiger partial charge in [-0.05, 0) is 31.0 Å². The van der Waals surface area contributed by atoms with Crippen LogP contribution in [0.4, 0.5) is 5.69 Å². The van der Waals surface area contributed by atoms with E-state index in [1.165, 1.54) is 0 Å². The van der Waals surface area contributed by atoms with Gasteiger partial charge in [-0.15, -0.1) is 0 Å². The van der Waals surface area contributed by atoms with Crippen LogP contribution in [0.5, 0.6) is 0 Å². The van der Waals surface area contributed by atoms with Crippen LogP contribution >= 0.6 is 0 Å². The van der Waals surface area contributed by atoms with E-state index in [0.717, 1.165) is 61.5 Å². The van der Waals surface area contributed by atoms with Gasteiger partial charge in [0.2, 0.25) is 0 Å².